The number of carbonyl (C=O) groups excluding carboxylic acids is 1. The number of rotatable bonds is 3. The summed E-state index contributed by atoms with van der Waals surface area (Å²) >= 11 is 3.45. The van der Waals surface area contributed by atoms with Gasteiger partial charge in [-0.1, -0.05) is 6.07 Å². The summed E-state index contributed by atoms with van der Waals surface area (Å²) in [4.78, 5) is 12.6. The summed E-state index contributed by atoms with van der Waals surface area (Å²) in [7, 11) is 0. The van der Waals surface area contributed by atoms with Crippen LogP contribution >= 0.6 is 28.3 Å². The maximum Gasteiger partial charge on any atom is 0.272 e. The van der Waals surface area contributed by atoms with E-state index in [4.69, 9.17) is 0 Å². The number of carbonyl (C=O) groups is 1. The van der Waals surface area contributed by atoms with Crippen molar-refractivity contribution in [1.82, 2.24) is 9.88 Å². The van der Waals surface area contributed by atoms with Gasteiger partial charge in [-0.05, 0) is 72.1 Å². The summed E-state index contributed by atoms with van der Waals surface area (Å²) in [5.74, 6) is -0.0804. The van der Waals surface area contributed by atoms with Gasteiger partial charge in [0.1, 0.15) is 5.69 Å². The molecule has 124 valence electrons. The number of amides is 1. The Kier molecular flexibility index (Phi) is 5.89. The van der Waals surface area contributed by atoms with Crippen molar-refractivity contribution in [3.8, 4) is 0 Å². The van der Waals surface area contributed by atoms with Gasteiger partial charge >= 0.3 is 0 Å². The van der Waals surface area contributed by atoms with Crippen molar-refractivity contribution in [3.05, 3.63) is 51.8 Å². The van der Waals surface area contributed by atoms with Gasteiger partial charge in [-0.15, -0.1) is 12.4 Å². The monoisotopic (exact) mass is 397 g/mol. The molecule has 2 N–H and O–H groups in total. The smallest absolute Gasteiger partial charge is 0.272 e. The number of aromatic nitrogens is 1. The molecule has 0 atom stereocenters. The van der Waals surface area contributed by atoms with E-state index in [1.54, 1.807) is 0 Å². The lowest BCUT2D eigenvalue weighted by Gasteiger charge is -2.18. The molecule has 2 heterocycles. The van der Waals surface area contributed by atoms with Gasteiger partial charge in [0, 0.05) is 28.9 Å². The third kappa shape index (κ3) is 3.97. The molecule has 0 fully saturated rings. The topological polar surface area (TPSA) is 46.1 Å². The fourth-order valence-electron chi connectivity index (χ4n) is 2.81. The summed E-state index contributed by atoms with van der Waals surface area (Å²) in [6, 6.07) is 8.26. The molecule has 0 aliphatic carbocycles. The maximum atomic E-state index is 12.6. The lowest BCUT2D eigenvalue weighted by molar-refractivity contribution is 0.101. The lowest BCUT2D eigenvalue weighted by atomic mass is 10.0. The van der Waals surface area contributed by atoms with Gasteiger partial charge in [0.05, 0.1) is 0 Å². The van der Waals surface area contributed by atoms with E-state index in [2.05, 4.69) is 52.5 Å². The van der Waals surface area contributed by atoms with Gasteiger partial charge in [0.25, 0.3) is 5.91 Å². The minimum atomic E-state index is -0.0804. The van der Waals surface area contributed by atoms with Crippen molar-refractivity contribution >= 4 is 39.9 Å². The van der Waals surface area contributed by atoms with Crippen molar-refractivity contribution < 1.29 is 4.79 Å². The largest absolute Gasteiger partial charge is 0.340 e. The Bertz CT molecular complexity index is 712. The first kappa shape index (κ1) is 18.0. The number of benzene rings is 1. The third-order valence-corrected chi connectivity index (χ3v) is 4.39. The standard InChI is InChI=1S/C17H20BrN3O.ClH/c1-11(2)21-10-14(18)8-16(21)17(22)20-15-4-3-12-5-6-19-9-13(12)7-15;/h3-4,7-8,10-11,19H,5-6,9H2,1-2H3,(H,20,22);1H. The van der Waals surface area contributed by atoms with E-state index >= 15 is 0 Å². The molecule has 1 aliphatic heterocycles. The quantitative estimate of drug-likeness (QED) is 0.816. The van der Waals surface area contributed by atoms with E-state index in [-0.39, 0.29) is 24.4 Å². The molecular formula is C17H21BrClN3O. The minimum Gasteiger partial charge on any atom is -0.340 e. The van der Waals surface area contributed by atoms with E-state index in [0.29, 0.717) is 5.69 Å². The van der Waals surface area contributed by atoms with Crippen molar-refractivity contribution in [2.45, 2.75) is 32.9 Å². The Labute approximate surface area is 151 Å². The second kappa shape index (κ2) is 7.51. The van der Waals surface area contributed by atoms with Gasteiger partial charge in [-0.2, -0.15) is 0 Å². The zero-order valence-electron chi connectivity index (χ0n) is 13.2. The molecule has 1 aliphatic rings. The highest BCUT2D eigenvalue weighted by Gasteiger charge is 2.16. The van der Waals surface area contributed by atoms with Gasteiger partial charge in [0.15, 0.2) is 0 Å². The SMILES string of the molecule is CC(C)n1cc(Br)cc1C(=O)Nc1ccc2c(c1)CNCC2.Cl. The Balaban J connectivity index is 0.00000192. The van der Waals surface area contributed by atoms with Crippen molar-refractivity contribution in [2.24, 2.45) is 0 Å². The highest BCUT2D eigenvalue weighted by Crippen LogP contribution is 2.22. The first-order chi connectivity index (χ1) is 10.5. The predicted octanol–water partition coefficient (Wildman–Crippen LogP) is 4.15. The molecule has 0 spiro atoms. The van der Waals surface area contributed by atoms with Crippen LogP contribution in [-0.2, 0) is 13.0 Å². The minimum absolute atomic E-state index is 0. The van der Waals surface area contributed by atoms with E-state index < -0.39 is 0 Å². The summed E-state index contributed by atoms with van der Waals surface area (Å²) < 4.78 is 2.89. The predicted molar refractivity (Wildman–Crippen MR) is 99.6 cm³/mol. The molecule has 0 saturated heterocycles. The van der Waals surface area contributed by atoms with Crippen LogP contribution in [0.2, 0.25) is 0 Å². The van der Waals surface area contributed by atoms with E-state index in [1.807, 2.05) is 22.9 Å². The van der Waals surface area contributed by atoms with Gasteiger partial charge in [-0.3, -0.25) is 4.79 Å². The summed E-state index contributed by atoms with van der Waals surface area (Å²) in [5, 5.41) is 6.37. The molecule has 1 aromatic carbocycles. The number of hydrogen-bond donors (Lipinski definition) is 2. The van der Waals surface area contributed by atoms with Crippen LogP contribution in [0.3, 0.4) is 0 Å². The van der Waals surface area contributed by atoms with Crippen LogP contribution in [0, 0.1) is 0 Å². The van der Waals surface area contributed by atoms with E-state index in [0.717, 1.165) is 29.7 Å². The molecule has 1 amide bonds. The number of hydrogen-bond acceptors (Lipinski definition) is 2. The van der Waals surface area contributed by atoms with Crippen LogP contribution in [0.5, 0.6) is 0 Å². The molecule has 1 aromatic heterocycles. The Morgan fingerprint density at radius 3 is 2.83 bits per heavy atom. The van der Waals surface area contributed by atoms with Gasteiger partial charge in [0.2, 0.25) is 0 Å². The Morgan fingerprint density at radius 2 is 2.09 bits per heavy atom. The maximum absolute atomic E-state index is 12.6. The first-order valence-corrected chi connectivity index (χ1v) is 8.35. The highest BCUT2D eigenvalue weighted by molar-refractivity contribution is 9.10. The van der Waals surface area contributed by atoms with Crippen LogP contribution < -0.4 is 10.6 Å². The molecule has 0 bridgehead atoms. The molecule has 23 heavy (non-hydrogen) atoms. The molecule has 0 radical (unpaired) electrons. The summed E-state index contributed by atoms with van der Waals surface area (Å²) in [6.07, 6.45) is 2.99. The average molecular weight is 399 g/mol. The van der Waals surface area contributed by atoms with E-state index in [9.17, 15) is 4.79 Å². The third-order valence-electron chi connectivity index (χ3n) is 3.95. The zero-order valence-corrected chi connectivity index (χ0v) is 15.6. The average Bonchev–Trinajstić information content (AvgIpc) is 2.89. The van der Waals surface area contributed by atoms with Crippen LogP contribution in [0.15, 0.2) is 34.9 Å². The van der Waals surface area contributed by atoms with Crippen LogP contribution in [-0.4, -0.2) is 17.0 Å². The second-order valence-electron chi connectivity index (χ2n) is 5.91. The van der Waals surface area contributed by atoms with Crippen molar-refractivity contribution in [1.29, 1.82) is 0 Å². The Morgan fingerprint density at radius 1 is 1.30 bits per heavy atom. The molecule has 2 aromatic rings. The summed E-state index contributed by atoms with van der Waals surface area (Å²) in [5.41, 5.74) is 4.15. The molecule has 6 heteroatoms. The number of nitrogens with zero attached hydrogens (tertiary/aromatic N) is 1. The second-order valence-corrected chi connectivity index (χ2v) is 6.82. The molecule has 3 rings (SSSR count). The zero-order chi connectivity index (χ0) is 15.7. The number of anilines is 1. The van der Waals surface area contributed by atoms with Crippen LogP contribution in [0.25, 0.3) is 0 Å². The van der Waals surface area contributed by atoms with E-state index in [1.165, 1.54) is 11.1 Å². The molecule has 0 unspecified atom stereocenters. The van der Waals surface area contributed by atoms with Crippen LogP contribution in [0.1, 0.15) is 41.5 Å². The first-order valence-electron chi connectivity index (χ1n) is 7.56. The van der Waals surface area contributed by atoms with Crippen molar-refractivity contribution in [3.63, 3.8) is 0 Å². The van der Waals surface area contributed by atoms with Crippen LogP contribution in [0.4, 0.5) is 5.69 Å². The fourth-order valence-corrected chi connectivity index (χ4v) is 3.25. The molecule has 4 nitrogen and oxygen atoms in total. The number of fused-ring (bicyclic) bond motifs is 1. The highest BCUT2D eigenvalue weighted by atomic mass is 79.9. The van der Waals surface area contributed by atoms with Gasteiger partial charge < -0.3 is 15.2 Å². The normalized spacial score (nSPS) is 13.4. The number of nitrogens with one attached hydrogen (secondary N) is 2. The molecular weight excluding hydrogens is 378 g/mol. The lowest BCUT2D eigenvalue weighted by Crippen LogP contribution is -2.24. The Hall–Kier alpha value is -1.30. The summed E-state index contributed by atoms with van der Waals surface area (Å²) in [6.45, 7) is 6.02. The van der Waals surface area contributed by atoms with Gasteiger partial charge in [-0.25, -0.2) is 0 Å². The number of halogens is 2. The molecule has 0 saturated carbocycles. The fraction of sp³-hybridized carbons (Fsp3) is 0.353. The van der Waals surface area contributed by atoms with Crippen molar-refractivity contribution in [2.75, 3.05) is 11.9 Å².